The lowest BCUT2D eigenvalue weighted by atomic mass is 9.98. The summed E-state index contributed by atoms with van der Waals surface area (Å²) in [4.78, 5) is 54.8. The van der Waals surface area contributed by atoms with Crippen molar-refractivity contribution in [3.05, 3.63) is 124 Å². The van der Waals surface area contributed by atoms with Crippen LogP contribution in [-0.4, -0.2) is 53.9 Å². The van der Waals surface area contributed by atoms with Gasteiger partial charge in [0.05, 0.1) is 47.6 Å². The largest absolute Gasteiger partial charge is 0.495 e. The zero-order valence-electron chi connectivity index (χ0n) is 31.6. The van der Waals surface area contributed by atoms with Crippen molar-refractivity contribution < 1.29 is 19.1 Å². The first kappa shape index (κ1) is 38.0. The van der Waals surface area contributed by atoms with E-state index in [2.05, 4.69) is 30.1 Å². The molecule has 5 aromatic rings. The number of aromatic nitrogens is 2. The number of hydrogen-bond donors (Lipinski definition) is 1. The van der Waals surface area contributed by atoms with Gasteiger partial charge in [0, 0.05) is 18.8 Å². The van der Waals surface area contributed by atoms with Gasteiger partial charge in [0.1, 0.15) is 5.75 Å². The highest BCUT2D eigenvalue weighted by molar-refractivity contribution is 6.48. The number of aryl methyl sites for hydroxylation is 1. The number of esters is 1. The highest BCUT2D eigenvalue weighted by Crippen LogP contribution is 2.33. The molecule has 10 nitrogen and oxygen atoms in total. The molecule has 0 radical (unpaired) electrons. The van der Waals surface area contributed by atoms with Gasteiger partial charge >= 0.3 is 5.97 Å². The maximum absolute atomic E-state index is 14.9. The van der Waals surface area contributed by atoms with Crippen LogP contribution < -0.4 is 20.5 Å². The summed E-state index contributed by atoms with van der Waals surface area (Å²) in [5, 5.41) is 3.42. The number of nitrogens with one attached hydrogen (secondary N) is 1. The number of unbranched alkanes of at least 4 members (excludes halogenated alkanes) is 3. The monoisotopic (exact) mass is 727 g/mol. The number of amides is 1. The molecule has 280 valence electrons. The Kier molecular flexibility index (Phi) is 12.5. The summed E-state index contributed by atoms with van der Waals surface area (Å²) in [5.74, 6) is -0.658. The molecule has 1 unspecified atom stereocenters. The zero-order valence-corrected chi connectivity index (χ0v) is 31.6. The van der Waals surface area contributed by atoms with Crippen LogP contribution in [0.15, 0.2) is 101 Å². The van der Waals surface area contributed by atoms with Crippen LogP contribution in [-0.2, 0) is 16.0 Å². The van der Waals surface area contributed by atoms with Gasteiger partial charge in [-0.3, -0.25) is 14.2 Å². The summed E-state index contributed by atoms with van der Waals surface area (Å²) in [6.45, 7) is 8.12. The first-order chi connectivity index (χ1) is 26.4. The molecular formula is C44H49N5O5. The Balaban J connectivity index is 1.58. The number of anilines is 2. The van der Waals surface area contributed by atoms with E-state index in [1.165, 1.54) is 13.2 Å². The van der Waals surface area contributed by atoms with Crippen LogP contribution >= 0.6 is 0 Å². The molecule has 1 atom stereocenters. The molecule has 0 fully saturated rings. The Morgan fingerprint density at radius 1 is 0.926 bits per heavy atom. The van der Waals surface area contributed by atoms with Gasteiger partial charge in [-0.25, -0.2) is 14.8 Å². The van der Waals surface area contributed by atoms with Gasteiger partial charge in [0.15, 0.2) is 11.5 Å². The molecule has 1 aliphatic heterocycles. The quantitative estimate of drug-likeness (QED) is 0.0652. The maximum Gasteiger partial charge on any atom is 0.338 e. The molecule has 0 spiro atoms. The van der Waals surface area contributed by atoms with Crippen LogP contribution in [0.4, 0.5) is 17.1 Å². The highest BCUT2D eigenvalue weighted by atomic mass is 16.5. The Bertz CT molecular complexity index is 2200. The average molecular weight is 728 g/mol. The summed E-state index contributed by atoms with van der Waals surface area (Å²) in [7, 11) is 1.49. The lowest BCUT2D eigenvalue weighted by Gasteiger charge is -2.30. The zero-order chi connectivity index (χ0) is 38.0. The molecule has 1 N–H and O–H groups in total. The molecule has 1 aromatic heterocycles. The first-order valence-electron chi connectivity index (χ1n) is 19.1. The summed E-state index contributed by atoms with van der Waals surface area (Å²) in [5.41, 5.74) is 4.46. The van der Waals surface area contributed by atoms with E-state index >= 15 is 0 Å². The Morgan fingerprint density at radius 2 is 1.72 bits per heavy atom. The first-order valence-corrected chi connectivity index (χ1v) is 19.1. The number of hydrogen-bond acceptors (Lipinski definition) is 8. The van der Waals surface area contributed by atoms with E-state index in [-0.39, 0.29) is 35.0 Å². The number of carbonyl (C=O) groups is 2. The van der Waals surface area contributed by atoms with Gasteiger partial charge < -0.3 is 19.7 Å². The summed E-state index contributed by atoms with van der Waals surface area (Å²) in [6.07, 6.45) is 6.60. The fraction of sp³-hybridized carbons (Fsp3) is 0.341. The Labute approximate surface area is 316 Å². The average Bonchev–Trinajstić information content (AvgIpc) is 3.20. The molecule has 0 aliphatic carbocycles. The van der Waals surface area contributed by atoms with E-state index in [1.54, 1.807) is 35.8 Å². The second kappa shape index (κ2) is 17.8. The minimum absolute atomic E-state index is 0.0426. The highest BCUT2D eigenvalue weighted by Gasteiger charge is 2.29. The van der Waals surface area contributed by atoms with Crippen molar-refractivity contribution in [1.29, 1.82) is 0 Å². The molecule has 6 rings (SSSR count). The van der Waals surface area contributed by atoms with Crippen LogP contribution in [0, 0.1) is 0 Å². The van der Waals surface area contributed by atoms with Crippen LogP contribution in [0.2, 0.25) is 0 Å². The third-order valence-electron chi connectivity index (χ3n) is 9.92. The summed E-state index contributed by atoms with van der Waals surface area (Å²) >= 11 is 0. The molecular weight excluding hydrogens is 679 g/mol. The number of para-hydroxylation sites is 1. The van der Waals surface area contributed by atoms with Gasteiger partial charge in [0.2, 0.25) is 0 Å². The molecule has 2 heterocycles. The lowest BCUT2D eigenvalue weighted by molar-refractivity contribution is -0.110. The van der Waals surface area contributed by atoms with Crippen LogP contribution in [0.3, 0.4) is 0 Å². The fourth-order valence-corrected chi connectivity index (χ4v) is 7.21. The van der Waals surface area contributed by atoms with E-state index < -0.39 is 17.9 Å². The minimum Gasteiger partial charge on any atom is -0.495 e. The third-order valence-corrected chi connectivity index (χ3v) is 9.92. The topological polar surface area (TPSA) is 115 Å². The molecule has 0 saturated heterocycles. The Morgan fingerprint density at radius 3 is 2.48 bits per heavy atom. The Hall–Kier alpha value is -5.77. The van der Waals surface area contributed by atoms with Gasteiger partial charge in [-0.05, 0) is 92.8 Å². The standard InChI is InChI=1S/C44H49N5O5/c1-5-8-9-13-22-38(30-17-11-10-12-18-30)49-41(46-35-21-15-14-20-34(35)43(49)51)40(45-33-24-25-37-31(28-33)19-16-27-48(37)6-2)42(50)47-36-29-32(44(52)54-7-3)23-26-39(36)53-4/h10-12,14-15,17-18,20-21,23-26,28-29,38H,5-9,13,16,19,22,27H2,1-4H3,(H,47,50). The molecule has 0 saturated carbocycles. The molecule has 0 bridgehead atoms. The molecule has 1 amide bonds. The third kappa shape index (κ3) is 8.38. The van der Waals surface area contributed by atoms with Crippen LogP contribution in [0.5, 0.6) is 5.75 Å². The number of methoxy groups -OCH3 is 1. The van der Waals surface area contributed by atoms with Gasteiger partial charge in [-0.2, -0.15) is 0 Å². The van der Waals surface area contributed by atoms with Crippen molar-refractivity contribution in [1.82, 2.24) is 9.55 Å². The number of fused-ring (bicyclic) bond motifs is 2. The number of rotatable bonds is 15. The molecule has 10 heteroatoms. The maximum atomic E-state index is 14.9. The normalized spacial score (nSPS) is 13.3. The fourth-order valence-electron chi connectivity index (χ4n) is 7.21. The van der Waals surface area contributed by atoms with Crippen molar-refractivity contribution in [2.24, 2.45) is 4.99 Å². The number of ether oxygens (including phenoxy) is 2. The smallest absolute Gasteiger partial charge is 0.338 e. The van der Waals surface area contributed by atoms with Gasteiger partial charge in [0.25, 0.3) is 11.5 Å². The SMILES string of the molecule is CCCCCCC(c1ccccc1)n1c(C(=Nc2ccc3c(c2)CCCN3CC)C(=O)Nc2cc(C(=O)OCC)ccc2OC)nc2ccccc2c1=O. The predicted molar refractivity (Wildman–Crippen MR) is 216 cm³/mol. The second-order valence-electron chi connectivity index (χ2n) is 13.4. The molecule has 4 aromatic carbocycles. The van der Waals surface area contributed by atoms with Crippen molar-refractivity contribution in [2.45, 2.75) is 71.8 Å². The molecule has 54 heavy (non-hydrogen) atoms. The summed E-state index contributed by atoms with van der Waals surface area (Å²) in [6, 6.07) is 27.4. The summed E-state index contributed by atoms with van der Waals surface area (Å²) < 4.78 is 12.5. The van der Waals surface area contributed by atoms with E-state index in [1.807, 2.05) is 54.6 Å². The lowest BCUT2D eigenvalue weighted by Crippen LogP contribution is -2.36. The predicted octanol–water partition coefficient (Wildman–Crippen LogP) is 8.67. The molecule has 1 aliphatic rings. The van der Waals surface area contributed by atoms with Crippen molar-refractivity contribution in [3.63, 3.8) is 0 Å². The van der Waals surface area contributed by atoms with Gasteiger partial charge in [-0.1, -0.05) is 75.1 Å². The van der Waals surface area contributed by atoms with E-state index in [4.69, 9.17) is 19.5 Å². The van der Waals surface area contributed by atoms with Crippen molar-refractivity contribution in [3.8, 4) is 5.75 Å². The van der Waals surface area contributed by atoms with E-state index in [0.29, 0.717) is 28.8 Å². The van der Waals surface area contributed by atoms with Crippen molar-refractivity contribution >= 4 is 45.6 Å². The van der Waals surface area contributed by atoms with E-state index in [9.17, 15) is 14.4 Å². The van der Waals surface area contributed by atoms with Crippen LogP contribution in [0.1, 0.15) is 92.6 Å². The minimum atomic E-state index is -0.615. The number of benzene rings is 4. The second-order valence-corrected chi connectivity index (χ2v) is 13.4. The number of nitrogens with zero attached hydrogens (tertiary/aromatic N) is 4. The van der Waals surface area contributed by atoms with Crippen molar-refractivity contribution in [2.75, 3.05) is 37.0 Å². The number of carbonyl (C=O) groups excluding carboxylic acids is 2. The van der Waals surface area contributed by atoms with Crippen LogP contribution in [0.25, 0.3) is 10.9 Å². The van der Waals surface area contributed by atoms with Gasteiger partial charge in [-0.15, -0.1) is 0 Å². The number of aliphatic imine (C=N–C) groups is 1. The van der Waals surface area contributed by atoms with E-state index in [0.717, 1.165) is 68.4 Å².